The summed E-state index contributed by atoms with van der Waals surface area (Å²) in [5.74, 6) is 1.31. The smallest absolute Gasteiger partial charge is 0.269 e. The maximum absolute atomic E-state index is 10.8. The number of benzene rings is 1. The molecule has 0 amide bonds. The van der Waals surface area contributed by atoms with Crippen LogP contribution in [0.5, 0.6) is 0 Å². The number of hydrogen-bond donors (Lipinski definition) is 2. The molecule has 158 valence electrons. The van der Waals surface area contributed by atoms with Gasteiger partial charge in [0.15, 0.2) is 5.96 Å². The summed E-state index contributed by atoms with van der Waals surface area (Å²) in [6.07, 6.45) is 2.23. The van der Waals surface area contributed by atoms with E-state index in [1.807, 2.05) is 0 Å². The zero-order valence-electron chi connectivity index (χ0n) is 18.1. The molecule has 2 N–H and O–H groups in total. The molecular formula is C21H37N5O2. The fourth-order valence-electron chi connectivity index (χ4n) is 2.81. The molecule has 0 spiro atoms. The molecule has 0 aliphatic carbocycles. The quantitative estimate of drug-likeness (QED) is 0.245. The minimum atomic E-state index is -0.385. The highest BCUT2D eigenvalue weighted by Crippen LogP contribution is 2.12. The lowest BCUT2D eigenvalue weighted by molar-refractivity contribution is -0.384. The number of aliphatic imine (C=N–C) groups is 1. The fraction of sp³-hybridized carbons (Fsp3) is 0.667. The summed E-state index contributed by atoms with van der Waals surface area (Å²) < 4.78 is 0. The number of rotatable bonds is 12. The molecule has 1 aromatic carbocycles. The summed E-state index contributed by atoms with van der Waals surface area (Å²) in [5, 5.41) is 17.7. The van der Waals surface area contributed by atoms with Crippen molar-refractivity contribution in [2.75, 3.05) is 26.2 Å². The number of nitrogens with zero attached hydrogens (tertiary/aromatic N) is 3. The van der Waals surface area contributed by atoms with Gasteiger partial charge in [0.25, 0.3) is 5.69 Å². The Balaban J connectivity index is 2.62. The average molecular weight is 392 g/mol. The largest absolute Gasteiger partial charge is 0.356 e. The van der Waals surface area contributed by atoms with Gasteiger partial charge in [0.05, 0.1) is 11.5 Å². The Morgan fingerprint density at radius 2 is 1.82 bits per heavy atom. The lowest BCUT2D eigenvalue weighted by Gasteiger charge is -2.21. The van der Waals surface area contributed by atoms with Gasteiger partial charge in [-0.1, -0.05) is 39.8 Å². The first-order chi connectivity index (χ1) is 13.3. The zero-order valence-corrected chi connectivity index (χ0v) is 18.1. The topological polar surface area (TPSA) is 82.8 Å². The van der Waals surface area contributed by atoms with Crippen molar-refractivity contribution in [3.8, 4) is 0 Å². The summed E-state index contributed by atoms with van der Waals surface area (Å²) in [6, 6.07) is 6.89. The van der Waals surface area contributed by atoms with E-state index in [0.717, 1.165) is 50.5 Å². The van der Waals surface area contributed by atoms with E-state index >= 15 is 0 Å². The Kier molecular flexibility index (Phi) is 11.2. The van der Waals surface area contributed by atoms with Crippen LogP contribution in [0.25, 0.3) is 0 Å². The van der Waals surface area contributed by atoms with E-state index in [-0.39, 0.29) is 10.6 Å². The number of nitro groups is 1. The summed E-state index contributed by atoms with van der Waals surface area (Å²) in [5.41, 5.74) is 1.05. The molecule has 7 heteroatoms. The molecule has 0 aromatic heterocycles. The van der Waals surface area contributed by atoms with Gasteiger partial charge in [-0.05, 0) is 50.9 Å². The van der Waals surface area contributed by atoms with Gasteiger partial charge in [-0.2, -0.15) is 0 Å². The van der Waals surface area contributed by atoms with Gasteiger partial charge in [-0.25, -0.2) is 4.99 Å². The van der Waals surface area contributed by atoms with E-state index in [2.05, 4.69) is 55.1 Å². The number of nitrogens with one attached hydrogen (secondary N) is 2. The van der Waals surface area contributed by atoms with Crippen LogP contribution in [0.3, 0.4) is 0 Å². The van der Waals surface area contributed by atoms with Crippen LogP contribution < -0.4 is 10.6 Å². The van der Waals surface area contributed by atoms with Crippen LogP contribution in [0.2, 0.25) is 0 Å². The second-order valence-electron chi connectivity index (χ2n) is 7.58. The van der Waals surface area contributed by atoms with Crippen molar-refractivity contribution < 1.29 is 4.92 Å². The molecule has 7 nitrogen and oxygen atoms in total. The molecule has 1 atom stereocenters. The highest BCUT2D eigenvalue weighted by atomic mass is 16.6. The van der Waals surface area contributed by atoms with Gasteiger partial charge in [0.2, 0.25) is 0 Å². The van der Waals surface area contributed by atoms with Crippen molar-refractivity contribution in [3.05, 3.63) is 39.9 Å². The minimum absolute atomic E-state index is 0.103. The molecular weight excluding hydrogens is 354 g/mol. The highest BCUT2D eigenvalue weighted by molar-refractivity contribution is 5.80. The van der Waals surface area contributed by atoms with Crippen molar-refractivity contribution in [1.29, 1.82) is 0 Å². The SMILES string of the molecule is CCN(CC)CCCC(C)NC(=NCc1ccc([N+](=O)[O-])cc1)NCC(C)C. The molecule has 1 rings (SSSR count). The van der Waals surface area contributed by atoms with E-state index in [1.165, 1.54) is 12.1 Å². The molecule has 0 heterocycles. The molecule has 0 aliphatic rings. The molecule has 0 radical (unpaired) electrons. The summed E-state index contributed by atoms with van der Waals surface area (Å²) in [6.45, 7) is 15.5. The van der Waals surface area contributed by atoms with Gasteiger partial charge in [0.1, 0.15) is 0 Å². The van der Waals surface area contributed by atoms with Crippen molar-refractivity contribution >= 4 is 11.6 Å². The number of guanidine groups is 1. The lowest BCUT2D eigenvalue weighted by atomic mass is 10.1. The first-order valence-electron chi connectivity index (χ1n) is 10.4. The molecule has 1 aromatic rings. The Bertz CT molecular complexity index is 597. The molecule has 28 heavy (non-hydrogen) atoms. The van der Waals surface area contributed by atoms with Gasteiger partial charge >= 0.3 is 0 Å². The first kappa shape index (κ1) is 23.9. The Hall–Kier alpha value is -2.15. The molecule has 0 bridgehead atoms. The third kappa shape index (κ3) is 9.69. The van der Waals surface area contributed by atoms with E-state index < -0.39 is 0 Å². The van der Waals surface area contributed by atoms with Crippen molar-refractivity contribution in [2.24, 2.45) is 10.9 Å². The monoisotopic (exact) mass is 391 g/mol. The number of non-ortho nitro benzene ring substituents is 1. The number of hydrogen-bond acceptors (Lipinski definition) is 4. The van der Waals surface area contributed by atoms with Crippen molar-refractivity contribution in [2.45, 2.75) is 60.0 Å². The van der Waals surface area contributed by atoms with Gasteiger partial charge < -0.3 is 15.5 Å². The fourth-order valence-corrected chi connectivity index (χ4v) is 2.81. The van der Waals surface area contributed by atoms with Crippen LogP contribution in [-0.4, -0.2) is 48.0 Å². The normalized spacial score (nSPS) is 13.0. The van der Waals surface area contributed by atoms with Gasteiger partial charge in [-0.3, -0.25) is 10.1 Å². The molecule has 0 saturated carbocycles. The lowest BCUT2D eigenvalue weighted by Crippen LogP contribution is -2.43. The maximum atomic E-state index is 10.8. The summed E-state index contributed by atoms with van der Waals surface area (Å²) in [7, 11) is 0. The van der Waals surface area contributed by atoms with Crippen LogP contribution in [0, 0.1) is 16.0 Å². The van der Waals surface area contributed by atoms with E-state index in [1.54, 1.807) is 12.1 Å². The van der Waals surface area contributed by atoms with E-state index in [9.17, 15) is 10.1 Å². The van der Waals surface area contributed by atoms with Crippen LogP contribution in [0.15, 0.2) is 29.3 Å². The predicted molar refractivity (Wildman–Crippen MR) is 117 cm³/mol. The second-order valence-corrected chi connectivity index (χ2v) is 7.58. The third-order valence-corrected chi connectivity index (χ3v) is 4.63. The van der Waals surface area contributed by atoms with Crippen LogP contribution in [-0.2, 0) is 6.54 Å². The van der Waals surface area contributed by atoms with Crippen molar-refractivity contribution in [1.82, 2.24) is 15.5 Å². The zero-order chi connectivity index (χ0) is 20.9. The molecule has 0 aliphatic heterocycles. The van der Waals surface area contributed by atoms with E-state index in [4.69, 9.17) is 0 Å². The van der Waals surface area contributed by atoms with Crippen molar-refractivity contribution in [3.63, 3.8) is 0 Å². The Morgan fingerprint density at radius 3 is 2.36 bits per heavy atom. The van der Waals surface area contributed by atoms with Crippen LogP contribution in [0.1, 0.15) is 53.0 Å². The average Bonchev–Trinajstić information content (AvgIpc) is 2.67. The Labute approximate surface area is 169 Å². The van der Waals surface area contributed by atoms with E-state index in [0.29, 0.717) is 18.5 Å². The second kappa shape index (κ2) is 13.1. The molecule has 1 unspecified atom stereocenters. The number of nitro benzene ring substituents is 1. The van der Waals surface area contributed by atoms with Gasteiger partial charge in [-0.15, -0.1) is 0 Å². The molecule has 0 fully saturated rings. The van der Waals surface area contributed by atoms with Gasteiger partial charge in [0, 0.05) is 24.7 Å². The standard InChI is InChI=1S/C21H37N5O2/c1-6-25(7-2)14-8-9-18(5)24-21(22-15-17(3)4)23-16-19-10-12-20(13-11-19)26(27)28/h10-13,17-18H,6-9,14-16H2,1-5H3,(H2,22,23,24). The first-order valence-corrected chi connectivity index (χ1v) is 10.4. The Morgan fingerprint density at radius 1 is 1.18 bits per heavy atom. The van der Waals surface area contributed by atoms with Crippen LogP contribution >= 0.6 is 0 Å². The predicted octanol–water partition coefficient (Wildman–Crippen LogP) is 3.80. The highest BCUT2D eigenvalue weighted by Gasteiger charge is 2.08. The third-order valence-electron chi connectivity index (χ3n) is 4.63. The maximum Gasteiger partial charge on any atom is 0.269 e. The molecule has 0 saturated heterocycles. The summed E-state index contributed by atoms with van der Waals surface area (Å²) >= 11 is 0. The van der Waals surface area contributed by atoms with Crippen LogP contribution in [0.4, 0.5) is 5.69 Å². The summed E-state index contributed by atoms with van der Waals surface area (Å²) in [4.78, 5) is 17.5. The minimum Gasteiger partial charge on any atom is -0.356 e.